The molecule has 3 aromatic rings. The summed E-state index contributed by atoms with van der Waals surface area (Å²) in [5, 5.41) is 0. The van der Waals surface area contributed by atoms with Gasteiger partial charge >= 0.3 is 0 Å². The first-order valence-corrected chi connectivity index (χ1v) is 16.8. The first-order chi connectivity index (χ1) is 21.4. The molecular weight excluding hydrogens is 556 g/mol. The van der Waals surface area contributed by atoms with Crippen molar-refractivity contribution in [1.29, 1.82) is 0 Å². The third-order valence-corrected chi connectivity index (χ3v) is 10.1. The number of hydrogen-bond donors (Lipinski definition) is 0. The fourth-order valence-electron chi connectivity index (χ4n) is 7.36. The van der Waals surface area contributed by atoms with Crippen LogP contribution >= 0.6 is 0 Å². The van der Waals surface area contributed by atoms with Crippen molar-refractivity contribution in [3.05, 3.63) is 101 Å². The molecule has 5 rings (SSSR count). The molecule has 2 aliphatic carbocycles. The third kappa shape index (κ3) is 7.38. The van der Waals surface area contributed by atoms with Gasteiger partial charge in [0, 0.05) is 16.7 Å². The third-order valence-electron chi connectivity index (χ3n) is 10.1. The number of allylic oxidation sites excluding steroid dienone is 4. The lowest BCUT2D eigenvalue weighted by Gasteiger charge is -2.35. The molecule has 0 saturated heterocycles. The molecule has 0 radical (unpaired) electrons. The highest BCUT2D eigenvalue weighted by molar-refractivity contribution is 5.74. The van der Waals surface area contributed by atoms with Crippen molar-refractivity contribution in [2.45, 2.75) is 97.3 Å². The molecule has 1 atom stereocenters. The summed E-state index contributed by atoms with van der Waals surface area (Å²) in [6.07, 6.45) is 20.5. The molecule has 0 heterocycles. The Morgan fingerprint density at radius 3 is 1.86 bits per heavy atom. The molecule has 2 aliphatic rings. The Bertz CT molecular complexity index is 1460. The zero-order valence-electron chi connectivity index (χ0n) is 26.3. The molecule has 234 valence electrons. The smallest absolute Gasteiger partial charge is 0.167 e. The van der Waals surface area contributed by atoms with Crippen molar-refractivity contribution in [3.8, 4) is 22.3 Å². The van der Waals surface area contributed by atoms with Gasteiger partial charge in [-0.25, -0.2) is 17.6 Å². The van der Waals surface area contributed by atoms with Crippen LogP contribution in [-0.2, 0) is 6.42 Å². The Kier molecular flexibility index (Phi) is 11.2. The summed E-state index contributed by atoms with van der Waals surface area (Å²) >= 11 is 0. The summed E-state index contributed by atoms with van der Waals surface area (Å²) in [7, 11) is 0. The zero-order chi connectivity index (χ0) is 31.1. The Labute approximate surface area is 261 Å². The molecule has 1 saturated carbocycles. The van der Waals surface area contributed by atoms with Crippen molar-refractivity contribution < 1.29 is 17.6 Å². The molecule has 0 aromatic heterocycles. The van der Waals surface area contributed by atoms with E-state index in [0.717, 1.165) is 43.1 Å². The molecular formula is C40H46F4. The van der Waals surface area contributed by atoms with Gasteiger partial charge in [0.25, 0.3) is 0 Å². The van der Waals surface area contributed by atoms with E-state index in [2.05, 4.69) is 13.0 Å². The predicted molar refractivity (Wildman–Crippen MR) is 175 cm³/mol. The van der Waals surface area contributed by atoms with E-state index in [0.29, 0.717) is 34.6 Å². The summed E-state index contributed by atoms with van der Waals surface area (Å²) < 4.78 is 60.4. The maximum atomic E-state index is 15.4. The highest BCUT2D eigenvalue weighted by atomic mass is 19.2. The Balaban J connectivity index is 1.24. The van der Waals surface area contributed by atoms with Gasteiger partial charge in [-0.1, -0.05) is 119 Å². The van der Waals surface area contributed by atoms with Crippen molar-refractivity contribution in [3.63, 3.8) is 0 Å². The van der Waals surface area contributed by atoms with E-state index in [-0.39, 0.29) is 11.1 Å². The summed E-state index contributed by atoms with van der Waals surface area (Å²) in [5.41, 5.74) is 2.82. The molecule has 0 N–H and O–H groups in total. The lowest BCUT2D eigenvalue weighted by molar-refractivity contribution is 0.187. The second-order valence-corrected chi connectivity index (χ2v) is 12.9. The summed E-state index contributed by atoms with van der Waals surface area (Å²) in [4.78, 5) is 0. The minimum atomic E-state index is -0.903. The van der Waals surface area contributed by atoms with Crippen LogP contribution in [0.15, 0.2) is 66.8 Å². The van der Waals surface area contributed by atoms with Gasteiger partial charge in [0.2, 0.25) is 0 Å². The van der Waals surface area contributed by atoms with Crippen molar-refractivity contribution in [2.24, 2.45) is 17.8 Å². The molecule has 0 bridgehead atoms. The van der Waals surface area contributed by atoms with Gasteiger partial charge in [0.05, 0.1) is 0 Å². The van der Waals surface area contributed by atoms with Gasteiger partial charge in [-0.2, -0.15) is 0 Å². The number of hydrogen-bond acceptors (Lipinski definition) is 0. The van der Waals surface area contributed by atoms with Crippen LogP contribution in [0.3, 0.4) is 0 Å². The van der Waals surface area contributed by atoms with Crippen LogP contribution in [0.1, 0.15) is 102 Å². The first-order valence-electron chi connectivity index (χ1n) is 16.8. The van der Waals surface area contributed by atoms with E-state index in [4.69, 9.17) is 0 Å². The highest BCUT2D eigenvalue weighted by Crippen LogP contribution is 2.43. The van der Waals surface area contributed by atoms with Crippen molar-refractivity contribution in [2.75, 3.05) is 0 Å². The molecule has 0 aliphatic heterocycles. The van der Waals surface area contributed by atoms with Crippen LogP contribution in [0, 0.1) is 41.0 Å². The number of unbranched alkanes of at least 4 members (excludes halogenated alkanes) is 2. The summed E-state index contributed by atoms with van der Waals surface area (Å²) in [5.74, 6) is -1.15. The number of halogens is 4. The van der Waals surface area contributed by atoms with Crippen molar-refractivity contribution >= 4 is 5.57 Å². The number of benzene rings is 3. The summed E-state index contributed by atoms with van der Waals surface area (Å²) in [6, 6.07) is 13.0. The van der Waals surface area contributed by atoms with Crippen LogP contribution in [0.25, 0.3) is 27.8 Å². The lowest BCUT2D eigenvalue weighted by Crippen LogP contribution is -2.23. The standard InChI is InChI=1S/C40H46F4/c1-3-5-7-9-27-11-13-28(14-12-27)29-15-17-30(18-16-29)35-25-26-36(40(44)39(35)43)32-21-19-31(20-22-32)34-24-23-33(10-8-6-4-2)37(41)38(34)42/h6,8,17,19-29H,3-5,7,9-16,18H2,1-2H3/b8-6-. The maximum absolute atomic E-state index is 15.4. The van der Waals surface area contributed by atoms with E-state index < -0.39 is 23.3 Å². The first kappa shape index (κ1) is 32.3. The van der Waals surface area contributed by atoms with Gasteiger partial charge in [0.1, 0.15) is 0 Å². The van der Waals surface area contributed by atoms with Crippen LogP contribution < -0.4 is 0 Å². The van der Waals surface area contributed by atoms with Gasteiger partial charge in [-0.15, -0.1) is 0 Å². The van der Waals surface area contributed by atoms with Crippen molar-refractivity contribution in [1.82, 2.24) is 0 Å². The molecule has 0 amide bonds. The zero-order valence-corrected chi connectivity index (χ0v) is 26.3. The molecule has 0 nitrogen and oxygen atoms in total. The van der Waals surface area contributed by atoms with Crippen LogP contribution in [-0.4, -0.2) is 0 Å². The average molecular weight is 603 g/mol. The van der Waals surface area contributed by atoms with E-state index in [1.54, 1.807) is 48.5 Å². The summed E-state index contributed by atoms with van der Waals surface area (Å²) in [6.45, 7) is 4.25. The second kappa shape index (κ2) is 15.2. The van der Waals surface area contributed by atoms with Gasteiger partial charge < -0.3 is 0 Å². The Hall–Kier alpha value is -3.14. The normalized spacial score (nSPS) is 20.7. The fourth-order valence-corrected chi connectivity index (χ4v) is 7.36. The maximum Gasteiger partial charge on any atom is 0.167 e. The Morgan fingerprint density at radius 2 is 1.25 bits per heavy atom. The molecule has 0 spiro atoms. The van der Waals surface area contributed by atoms with Gasteiger partial charge in [-0.3, -0.25) is 0 Å². The van der Waals surface area contributed by atoms with Gasteiger partial charge in [-0.05, 0) is 85.0 Å². The van der Waals surface area contributed by atoms with E-state index in [1.165, 1.54) is 51.4 Å². The molecule has 44 heavy (non-hydrogen) atoms. The fraction of sp³-hybridized carbons (Fsp3) is 0.450. The van der Waals surface area contributed by atoms with Crippen LogP contribution in [0.2, 0.25) is 0 Å². The molecule has 1 unspecified atom stereocenters. The predicted octanol–water partition coefficient (Wildman–Crippen LogP) is 12.7. The largest absolute Gasteiger partial charge is 0.203 e. The average Bonchev–Trinajstić information content (AvgIpc) is 3.05. The van der Waals surface area contributed by atoms with E-state index in [9.17, 15) is 8.78 Å². The highest BCUT2D eigenvalue weighted by Gasteiger charge is 2.29. The monoisotopic (exact) mass is 602 g/mol. The second-order valence-electron chi connectivity index (χ2n) is 12.9. The minimum absolute atomic E-state index is 0.141. The SMILES string of the molecule is CC/C=C\Cc1ccc(-c2ccc(-c3ccc(C4=CCC(C5CCC(CCCCC)CC5)CC4)c(F)c3F)cc2)c(F)c1F. The Morgan fingerprint density at radius 1 is 0.636 bits per heavy atom. The lowest BCUT2D eigenvalue weighted by atomic mass is 9.70. The van der Waals surface area contributed by atoms with Crippen LogP contribution in [0.4, 0.5) is 17.6 Å². The topological polar surface area (TPSA) is 0 Å². The molecule has 3 aromatic carbocycles. The molecule has 4 heteroatoms. The number of rotatable bonds is 11. The van der Waals surface area contributed by atoms with E-state index in [1.807, 2.05) is 19.1 Å². The van der Waals surface area contributed by atoms with E-state index >= 15 is 8.78 Å². The minimum Gasteiger partial charge on any atom is -0.203 e. The quantitative estimate of drug-likeness (QED) is 0.116. The van der Waals surface area contributed by atoms with Gasteiger partial charge in [0.15, 0.2) is 23.3 Å². The van der Waals surface area contributed by atoms with Crippen LogP contribution in [0.5, 0.6) is 0 Å². The molecule has 1 fully saturated rings.